The second kappa shape index (κ2) is 3.75. The van der Waals surface area contributed by atoms with Crippen LogP contribution in [0.2, 0.25) is 0 Å². The third-order valence-corrected chi connectivity index (χ3v) is 1.98. The quantitative estimate of drug-likeness (QED) is 0.664. The van der Waals surface area contributed by atoms with E-state index >= 15 is 0 Å². The Kier molecular flexibility index (Phi) is 2.28. The molecule has 0 radical (unpaired) electrons. The highest BCUT2D eigenvalue weighted by Crippen LogP contribution is 2.23. The van der Waals surface area contributed by atoms with Crippen LogP contribution in [0.4, 0.5) is 5.82 Å². The number of hydrogen-bond acceptors (Lipinski definition) is 5. The predicted molar refractivity (Wildman–Crippen MR) is 53.4 cm³/mol. The molecule has 2 heterocycles. The maximum absolute atomic E-state index is 8.88. The summed E-state index contributed by atoms with van der Waals surface area (Å²) in [6.45, 7) is 1.65. The molecule has 7 heteroatoms. The highest BCUT2D eigenvalue weighted by molar-refractivity contribution is 5.57. The van der Waals surface area contributed by atoms with Crippen molar-refractivity contribution in [2.24, 2.45) is 0 Å². The van der Waals surface area contributed by atoms with Crippen LogP contribution < -0.4 is 0 Å². The van der Waals surface area contributed by atoms with E-state index in [1.54, 1.807) is 13.0 Å². The Hall–Kier alpha value is -2.80. The summed E-state index contributed by atoms with van der Waals surface area (Å²) in [5.41, 5.74) is 0.665. The van der Waals surface area contributed by atoms with E-state index in [-0.39, 0.29) is 17.3 Å². The summed E-state index contributed by atoms with van der Waals surface area (Å²) in [4.78, 5) is 10.9. The lowest BCUT2D eigenvalue weighted by Gasteiger charge is -1.88. The van der Waals surface area contributed by atoms with Crippen LogP contribution in [0.5, 0.6) is 0 Å². The molecule has 2 aromatic heterocycles. The lowest BCUT2D eigenvalue weighted by Crippen LogP contribution is -2.01. The van der Waals surface area contributed by atoms with Gasteiger partial charge >= 0.3 is 11.8 Å². The van der Waals surface area contributed by atoms with E-state index in [9.17, 15) is 0 Å². The van der Waals surface area contributed by atoms with Gasteiger partial charge in [0, 0.05) is 17.4 Å². The Morgan fingerprint density at radius 2 is 2.06 bits per heavy atom. The number of rotatable bonds is 1. The molecule has 0 bridgehead atoms. The maximum atomic E-state index is 8.88. The summed E-state index contributed by atoms with van der Waals surface area (Å²) >= 11 is 0. The lowest BCUT2D eigenvalue weighted by atomic mass is 10.3. The Balaban J connectivity index is 2.70. The first-order chi connectivity index (χ1) is 7.77. The van der Waals surface area contributed by atoms with E-state index in [2.05, 4.69) is 20.0 Å². The second-order valence-corrected chi connectivity index (χ2v) is 2.96. The highest BCUT2D eigenvalue weighted by Gasteiger charge is 2.28. The van der Waals surface area contributed by atoms with Gasteiger partial charge < -0.3 is 0 Å². The number of nitriles is 1. The molecule has 2 rings (SSSR count). The van der Waals surface area contributed by atoms with Gasteiger partial charge in [0.15, 0.2) is 5.56 Å². The molecule has 0 N–H and O–H groups in total. The Bertz CT molecular complexity index is 599. The zero-order valence-electron chi connectivity index (χ0n) is 8.36. The molecular formula is C9H6N7+. The molecule has 0 atom stereocenters. The minimum atomic E-state index is 0.0335. The normalized spacial score (nSPS) is 9.44. The van der Waals surface area contributed by atoms with Crippen molar-refractivity contribution in [3.05, 3.63) is 34.7 Å². The molecule has 0 amide bonds. The molecule has 16 heavy (non-hydrogen) atoms. The van der Waals surface area contributed by atoms with Gasteiger partial charge in [0.1, 0.15) is 11.8 Å². The van der Waals surface area contributed by atoms with Gasteiger partial charge in [-0.1, -0.05) is 5.10 Å². The SMILES string of the molecule is Cc1nn(-c2ncccn2)c([N+]#N)c1C#N. The monoisotopic (exact) mass is 212 g/mol. The minimum Gasteiger partial charge on any atom is -0.198 e. The number of diazo groups is 1. The number of aromatic nitrogens is 4. The van der Waals surface area contributed by atoms with Crippen LogP contribution in [0.3, 0.4) is 0 Å². The van der Waals surface area contributed by atoms with E-state index in [4.69, 9.17) is 10.7 Å². The Morgan fingerprint density at radius 3 is 2.62 bits per heavy atom. The summed E-state index contributed by atoms with van der Waals surface area (Å²) in [6.07, 6.45) is 3.07. The molecule has 0 spiro atoms. The van der Waals surface area contributed by atoms with Crippen molar-refractivity contribution in [1.29, 1.82) is 10.7 Å². The summed E-state index contributed by atoms with van der Waals surface area (Å²) < 4.78 is 1.22. The van der Waals surface area contributed by atoms with Crippen molar-refractivity contribution in [3.8, 4) is 12.0 Å². The molecule has 2 aromatic rings. The van der Waals surface area contributed by atoms with Gasteiger partial charge in [-0.3, -0.25) is 0 Å². The topological polar surface area (TPSA) is 95.5 Å². The van der Waals surface area contributed by atoms with E-state index in [1.807, 2.05) is 6.07 Å². The highest BCUT2D eigenvalue weighted by atomic mass is 15.4. The van der Waals surface area contributed by atoms with E-state index in [0.717, 1.165) is 0 Å². The van der Waals surface area contributed by atoms with Crippen molar-refractivity contribution in [2.45, 2.75) is 6.92 Å². The zero-order valence-corrected chi connectivity index (χ0v) is 8.36. The number of nitrogens with zero attached hydrogens (tertiary/aromatic N) is 7. The van der Waals surface area contributed by atoms with Gasteiger partial charge in [-0.25, -0.2) is 0 Å². The van der Waals surface area contributed by atoms with E-state index in [0.29, 0.717) is 5.69 Å². The molecule has 7 nitrogen and oxygen atoms in total. The van der Waals surface area contributed by atoms with Gasteiger partial charge in [-0.15, -0.1) is 0 Å². The van der Waals surface area contributed by atoms with Gasteiger partial charge in [-0.2, -0.15) is 15.2 Å². The van der Waals surface area contributed by atoms with Crippen molar-refractivity contribution >= 4 is 5.82 Å². The standard InChI is InChI=1S/C9H6N7/c1-6-7(5-10)8(14-11)16(15-6)9-12-3-2-4-13-9/h2-4H,1H3/q+1. The van der Waals surface area contributed by atoms with Crippen LogP contribution in [0.1, 0.15) is 11.3 Å². The number of aryl methyl sites for hydroxylation is 1. The second-order valence-electron chi connectivity index (χ2n) is 2.96. The average Bonchev–Trinajstić information content (AvgIpc) is 2.66. The van der Waals surface area contributed by atoms with Gasteiger partial charge in [-0.05, 0) is 17.7 Å². The molecule has 0 aliphatic carbocycles. The van der Waals surface area contributed by atoms with Gasteiger partial charge in [0.05, 0.1) is 5.39 Å². The predicted octanol–water partition coefficient (Wildman–Crippen LogP) is 1.33. The van der Waals surface area contributed by atoms with E-state index in [1.165, 1.54) is 17.1 Å². The average molecular weight is 212 g/mol. The van der Waals surface area contributed by atoms with E-state index < -0.39 is 0 Å². The third kappa shape index (κ3) is 1.37. The van der Waals surface area contributed by atoms with Crippen molar-refractivity contribution < 1.29 is 0 Å². The van der Waals surface area contributed by atoms with Gasteiger partial charge in [0.25, 0.3) is 0 Å². The first kappa shape index (κ1) is 9.74. The fraction of sp³-hybridized carbons (Fsp3) is 0.111. The minimum absolute atomic E-state index is 0.0335. The van der Waals surface area contributed by atoms with Gasteiger partial charge in [0.2, 0.25) is 0 Å². The van der Waals surface area contributed by atoms with Crippen molar-refractivity contribution in [3.63, 3.8) is 0 Å². The molecule has 0 saturated carbocycles. The molecule has 0 aliphatic heterocycles. The number of hydrogen-bond donors (Lipinski definition) is 0. The van der Waals surface area contributed by atoms with Crippen LogP contribution >= 0.6 is 0 Å². The molecule has 0 aromatic carbocycles. The van der Waals surface area contributed by atoms with Crippen LogP contribution in [-0.2, 0) is 0 Å². The zero-order chi connectivity index (χ0) is 11.5. The smallest absolute Gasteiger partial charge is 0.198 e. The first-order valence-corrected chi connectivity index (χ1v) is 4.40. The lowest BCUT2D eigenvalue weighted by molar-refractivity contribution is 0.807. The molecule has 76 valence electrons. The molecule has 0 fully saturated rings. The summed E-state index contributed by atoms with van der Waals surface area (Å²) in [5.74, 6) is 0.283. The Morgan fingerprint density at radius 1 is 1.38 bits per heavy atom. The largest absolute Gasteiger partial charge is 0.472 e. The molecule has 0 saturated heterocycles. The molecular weight excluding hydrogens is 206 g/mol. The fourth-order valence-electron chi connectivity index (χ4n) is 1.28. The summed E-state index contributed by atoms with van der Waals surface area (Å²) in [6, 6.07) is 3.57. The Labute approximate surface area is 90.6 Å². The molecule has 0 unspecified atom stereocenters. The maximum Gasteiger partial charge on any atom is 0.472 e. The van der Waals surface area contributed by atoms with Crippen molar-refractivity contribution in [1.82, 2.24) is 19.7 Å². The fourth-order valence-corrected chi connectivity index (χ4v) is 1.28. The first-order valence-electron chi connectivity index (χ1n) is 4.40. The van der Waals surface area contributed by atoms with Crippen LogP contribution in [-0.4, -0.2) is 19.7 Å². The summed E-state index contributed by atoms with van der Waals surface area (Å²) in [7, 11) is 0. The third-order valence-electron chi connectivity index (χ3n) is 1.98. The van der Waals surface area contributed by atoms with Crippen LogP contribution in [0.25, 0.3) is 10.9 Å². The molecule has 0 aliphatic rings. The van der Waals surface area contributed by atoms with Crippen molar-refractivity contribution in [2.75, 3.05) is 0 Å². The van der Waals surface area contributed by atoms with Crippen LogP contribution in [0, 0.1) is 23.6 Å². The summed E-state index contributed by atoms with van der Waals surface area (Å²) in [5, 5.41) is 21.8. The van der Waals surface area contributed by atoms with Crippen LogP contribution in [0.15, 0.2) is 18.5 Å².